The molecule has 1 heterocycles. The number of nitrogens with two attached hydrogens (primary N) is 1. The topological polar surface area (TPSA) is 55.6 Å². The monoisotopic (exact) mass is 242 g/mol. The molecule has 4 heteroatoms. The van der Waals surface area contributed by atoms with E-state index in [4.69, 9.17) is 10.5 Å². The van der Waals surface area contributed by atoms with Gasteiger partial charge in [-0.05, 0) is 52.5 Å². The van der Waals surface area contributed by atoms with Crippen LogP contribution in [-0.4, -0.2) is 35.7 Å². The van der Waals surface area contributed by atoms with E-state index in [0.29, 0.717) is 18.5 Å². The second-order valence-electron chi connectivity index (χ2n) is 6.05. The largest absolute Gasteiger partial charge is 0.444 e. The van der Waals surface area contributed by atoms with Gasteiger partial charge in [-0.3, -0.25) is 0 Å². The van der Waals surface area contributed by atoms with Crippen molar-refractivity contribution in [2.24, 2.45) is 11.7 Å². The Labute approximate surface area is 104 Å². The first-order chi connectivity index (χ1) is 7.83. The Bertz CT molecular complexity index is 261. The molecule has 0 aromatic rings. The van der Waals surface area contributed by atoms with Crippen LogP contribution in [0.4, 0.5) is 4.79 Å². The zero-order valence-corrected chi connectivity index (χ0v) is 11.5. The molecule has 0 aromatic carbocycles. The van der Waals surface area contributed by atoms with Gasteiger partial charge in [0.1, 0.15) is 5.60 Å². The molecule has 100 valence electrons. The van der Waals surface area contributed by atoms with E-state index in [1.165, 1.54) is 0 Å². The number of carbonyl (C=O) groups excluding carboxylic acids is 1. The molecule has 0 aliphatic carbocycles. The van der Waals surface area contributed by atoms with Gasteiger partial charge in [0.05, 0.1) is 0 Å². The van der Waals surface area contributed by atoms with E-state index < -0.39 is 5.60 Å². The maximum atomic E-state index is 12.0. The molecule has 2 N–H and O–H groups in total. The van der Waals surface area contributed by atoms with E-state index >= 15 is 0 Å². The number of ether oxygens (including phenoxy) is 1. The number of carbonyl (C=O) groups is 1. The Morgan fingerprint density at radius 1 is 1.53 bits per heavy atom. The van der Waals surface area contributed by atoms with Crippen molar-refractivity contribution in [1.29, 1.82) is 0 Å². The van der Waals surface area contributed by atoms with Gasteiger partial charge in [-0.2, -0.15) is 0 Å². The van der Waals surface area contributed by atoms with Crippen LogP contribution in [0, 0.1) is 5.92 Å². The average molecular weight is 242 g/mol. The van der Waals surface area contributed by atoms with Gasteiger partial charge in [-0.15, -0.1) is 0 Å². The third-order valence-electron chi connectivity index (χ3n) is 3.08. The molecule has 1 aliphatic rings. The van der Waals surface area contributed by atoms with Crippen LogP contribution in [0.5, 0.6) is 0 Å². The normalized spacial score (nSPS) is 22.6. The van der Waals surface area contributed by atoms with Gasteiger partial charge >= 0.3 is 6.09 Å². The number of hydrogen-bond acceptors (Lipinski definition) is 3. The molecule has 2 atom stereocenters. The molecular weight excluding hydrogens is 216 g/mol. The Balaban J connectivity index is 2.54. The van der Waals surface area contributed by atoms with Gasteiger partial charge in [0.2, 0.25) is 0 Å². The zero-order chi connectivity index (χ0) is 13.1. The van der Waals surface area contributed by atoms with Crippen LogP contribution in [0.2, 0.25) is 0 Å². The van der Waals surface area contributed by atoms with Gasteiger partial charge in [0.25, 0.3) is 0 Å². The molecule has 0 spiro atoms. The van der Waals surface area contributed by atoms with Crippen molar-refractivity contribution in [2.75, 3.05) is 13.1 Å². The fourth-order valence-corrected chi connectivity index (χ4v) is 2.20. The summed E-state index contributed by atoms with van der Waals surface area (Å²) in [6.45, 7) is 9.33. The molecule has 0 bridgehead atoms. The van der Waals surface area contributed by atoms with Crippen LogP contribution in [0.25, 0.3) is 0 Å². The summed E-state index contributed by atoms with van der Waals surface area (Å²) in [5.41, 5.74) is 5.23. The first-order valence-corrected chi connectivity index (χ1v) is 6.53. The average Bonchev–Trinajstić information content (AvgIpc) is 2.63. The number of rotatable bonds is 3. The van der Waals surface area contributed by atoms with E-state index in [-0.39, 0.29) is 6.09 Å². The lowest BCUT2D eigenvalue weighted by atomic mass is 10.0. The molecular formula is C13H26N2O2. The first kappa shape index (κ1) is 14.3. The summed E-state index contributed by atoms with van der Waals surface area (Å²) in [5, 5.41) is 0. The molecule has 1 saturated heterocycles. The Morgan fingerprint density at radius 3 is 2.71 bits per heavy atom. The number of amides is 1. The predicted molar refractivity (Wildman–Crippen MR) is 68.8 cm³/mol. The van der Waals surface area contributed by atoms with E-state index in [1.54, 1.807) is 0 Å². The number of hydrogen-bond donors (Lipinski definition) is 1. The van der Waals surface area contributed by atoms with Crippen molar-refractivity contribution >= 4 is 6.09 Å². The van der Waals surface area contributed by atoms with E-state index in [9.17, 15) is 4.79 Å². The van der Waals surface area contributed by atoms with Crippen LogP contribution in [0.3, 0.4) is 0 Å². The molecule has 0 saturated carbocycles. The lowest BCUT2D eigenvalue weighted by Gasteiger charge is -2.29. The van der Waals surface area contributed by atoms with Crippen LogP contribution in [0.15, 0.2) is 0 Å². The highest BCUT2D eigenvalue weighted by Crippen LogP contribution is 2.25. The minimum atomic E-state index is -0.413. The summed E-state index contributed by atoms with van der Waals surface area (Å²) in [4.78, 5) is 13.9. The van der Waals surface area contributed by atoms with Crippen molar-refractivity contribution in [3.05, 3.63) is 0 Å². The van der Waals surface area contributed by atoms with Crippen LogP contribution in [0.1, 0.15) is 47.0 Å². The van der Waals surface area contributed by atoms with E-state index in [0.717, 1.165) is 25.8 Å². The Kier molecular flexibility index (Phi) is 4.80. The summed E-state index contributed by atoms with van der Waals surface area (Å²) in [6, 6.07) is 0.309. The number of nitrogens with zero attached hydrogens (tertiary/aromatic N) is 1. The van der Waals surface area contributed by atoms with Gasteiger partial charge in [-0.1, -0.05) is 6.92 Å². The molecule has 2 unspecified atom stereocenters. The summed E-state index contributed by atoms with van der Waals surface area (Å²) >= 11 is 0. The Hall–Kier alpha value is -0.770. The highest BCUT2D eigenvalue weighted by Gasteiger charge is 2.32. The second-order valence-corrected chi connectivity index (χ2v) is 6.05. The van der Waals surface area contributed by atoms with Crippen molar-refractivity contribution in [1.82, 2.24) is 4.90 Å². The molecule has 1 rings (SSSR count). The summed E-state index contributed by atoms with van der Waals surface area (Å²) < 4.78 is 5.42. The Morgan fingerprint density at radius 2 is 2.18 bits per heavy atom. The highest BCUT2D eigenvalue weighted by atomic mass is 16.6. The van der Waals surface area contributed by atoms with Crippen molar-refractivity contribution in [2.45, 2.75) is 58.6 Å². The van der Waals surface area contributed by atoms with Gasteiger partial charge in [0, 0.05) is 12.6 Å². The second kappa shape index (κ2) is 5.71. The van der Waals surface area contributed by atoms with Crippen LogP contribution in [-0.2, 0) is 4.74 Å². The zero-order valence-electron chi connectivity index (χ0n) is 11.5. The third-order valence-corrected chi connectivity index (χ3v) is 3.08. The maximum absolute atomic E-state index is 12.0. The van der Waals surface area contributed by atoms with Crippen molar-refractivity contribution in [3.63, 3.8) is 0 Å². The first-order valence-electron chi connectivity index (χ1n) is 6.53. The van der Waals surface area contributed by atoms with Crippen molar-refractivity contribution < 1.29 is 9.53 Å². The van der Waals surface area contributed by atoms with Gasteiger partial charge in [-0.25, -0.2) is 4.79 Å². The van der Waals surface area contributed by atoms with Gasteiger partial charge < -0.3 is 15.4 Å². The minimum absolute atomic E-state index is 0.177. The van der Waals surface area contributed by atoms with Crippen LogP contribution < -0.4 is 5.73 Å². The molecule has 0 aromatic heterocycles. The SMILES string of the molecule is CC(CN)CC1CCCN1C(=O)OC(C)(C)C. The van der Waals surface area contributed by atoms with Crippen molar-refractivity contribution in [3.8, 4) is 0 Å². The molecule has 0 radical (unpaired) electrons. The fraction of sp³-hybridized carbons (Fsp3) is 0.923. The third kappa shape index (κ3) is 4.54. The maximum Gasteiger partial charge on any atom is 0.410 e. The fourth-order valence-electron chi connectivity index (χ4n) is 2.20. The quantitative estimate of drug-likeness (QED) is 0.826. The van der Waals surface area contributed by atoms with E-state index in [1.807, 2.05) is 25.7 Å². The summed E-state index contributed by atoms with van der Waals surface area (Å²) in [6.07, 6.45) is 2.95. The minimum Gasteiger partial charge on any atom is -0.444 e. The molecule has 4 nitrogen and oxygen atoms in total. The lowest BCUT2D eigenvalue weighted by molar-refractivity contribution is 0.0211. The molecule has 1 aliphatic heterocycles. The lowest BCUT2D eigenvalue weighted by Crippen LogP contribution is -2.40. The summed E-state index contributed by atoms with van der Waals surface area (Å²) in [7, 11) is 0. The molecule has 1 amide bonds. The van der Waals surface area contributed by atoms with E-state index in [2.05, 4.69) is 6.92 Å². The highest BCUT2D eigenvalue weighted by molar-refractivity contribution is 5.68. The predicted octanol–water partition coefficient (Wildman–Crippen LogP) is 2.37. The molecule has 17 heavy (non-hydrogen) atoms. The number of likely N-dealkylation sites (tertiary alicyclic amines) is 1. The molecule has 1 fully saturated rings. The van der Waals surface area contributed by atoms with Crippen LogP contribution >= 0.6 is 0 Å². The summed E-state index contributed by atoms with van der Waals surface area (Å²) in [5.74, 6) is 0.461. The standard InChI is InChI=1S/C13H26N2O2/c1-10(9-14)8-11-6-5-7-15(11)12(16)17-13(2,3)4/h10-11H,5-9,14H2,1-4H3. The smallest absolute Gasteiger partial charge is 0.410 e. The van der Waals surface area contributed by atoms with Gasteiger partial charge in [0.15, 0.2) is 0 Å².